The third-order valence-corrected chi connectivity index (χ3v) is 3.37. The maximum atomic E-state index is 6.07. The van der Waals surface area contributed by atoms with Gasteiger partial charge in [-0.05, 0) is 42.3 Å². The van der Waals surface area contributed by atoms with Crippen LogP contribution >= 0.6 is 34.8 Å². The lowest BCUT2D eigenvalue weighted by Crippen LogP contribution is -2.05. The SMILES string of the molecule is Clc1ccc(CCNc2ccc(Cl)cc2Cl)cc1. The van der Waals surface area contributed by atoms with Crippen molar-refractivity contribution in [1.82, 2.24) is 0 Å². The van der Waals surface area contributed by atoms with Crippen molar-refractivity contribution < 1.29 is 0 Å². The fourth-order valence-electron chi connectivity index (χ4n) is 1.63. The minimum Gasteiger partial charge on any atom is -0.384 e. The van der Waals surface area contributed by atoms with Crippen molar-refractivity contribution in [1.29, 1.82) is 0 Å². The van der Waals surface area contributed by atoms with E-state index in [1.807, 2.05) is 36.4 Å². The van der Waals surface area contributed by atoms with Crippen molar-refractivity contribution in [3.8, 4) is 0 Å². The van der Waals surface area contributed by atoms with Gasteiger partial charge in [-0.3, -0.25) is 0 Å². The van der Waals surface area contributed by atoms with Crippen LogP contribution in [-0.2, 0) is 6.42 Å². The van der Waals surface area contributed by atoms with E-state index in [2.05, 4.69) is 5.32 Å². The highest BCUT2D eigenvalue weighted by molar-refractivity contribution is 6.36. The van der Waals surface area contributed by atoms with Crippen molar-refractivity contribution in [2.24, 2.45) is 0 Å². The molecule has 18 heavy (non-hydrogen) atoms. The first-order valence-corrected chi connectivity index (χ1v) is 6.72. The molecule has 0 fully saturated rings. The van der Waals surface area contributed by atoms with Crippen molar-refractivity contribution >= 4 is 40.5 Å². The van der Waals surface area contributed by atoms with Gasteiger partial charge in [-0.1, -0.05) is 46.9 Å². The summed E-state index contributed by atoms with van der Waals surface area (Å²) in [5, 5.41) is 5.32. The second kappa shape index (κ2) is 6.33. The second-order valence-electron chi connectivity index (χ2n) is 3.93. The van der Waals surface area contributed by atoms with Gasteiger partial charge in [0.1, 0.15) is 0 Å². The Morgan fingerprint density at radius 1 is 0.833 bits per heavy atom. The van der Waals surface area contributed by atoms with Crippen LogP contribution in [0.5, 0.6) is 0 Å². The van der Waals surface area contributed by atoms with Crippen LogP contribution in [0.25, 0.3) is 0 Å². The molecule has 2 aromatic rings. The van der Waals surface area contributed by atoms with E-state index in [0.29, 0.717) is 10.0 Å². The molecule has 0 atom stereocenters. The van der Waals surface area contributed by atoms with Crippen LogP contribution < -0.4 is 5.32 Å². The number of nitrogens with one attached hydrogen (secondary N) is 1. The summed E-state index contributed by atoms with van der Waals surface area (Å²) in [6, 6.07) is 13.3. The van der Waals surface area contributed by atoms with Gasteiger partial charge in [-0.2, -0.15) is 0 Å². The summed E-state index contributed by atoms with van der Waals surface area (Å²) >= 11 is 17.7. The summed E-state index contributed by atoms with van der Waals surface area (Å²) in [7, 11) is 0. The van der Waals surface area contributed by atoms with Crippen LogP contribution in [0.4, 0.5) is 5.69 Å². The molecule has 0 saturated heterocycles. The Morgan fingerprint density at radius 2 is 1.50 bits per heavy atom. The predicted octanol–water partition coefficient (Wildman–Crippen LogP) is 5.30. The number of benzene rings is 2. The zero-order valence-electron chi connectivity index (χ0n) is 9.59. The Kier molecular flexibility index (Phi) is 4.76. The van der Waals surface area contributed by atoms with Crippen molar-refractivity contribution in [2.75, 3.05) is 11.9 Å². The average molecular weight is 301 g/mol. The first-order valence-electron chi connectivity index (χ1n) is 5.58. The predicted molar refractivity (Wildman–Crippen MR) is 80.1 cm³/mol. The molecule has 0 saturated carbocycles. The molecule has 0 aromatic heterocycles. The minimum atomic E-state index is 0.638. The fourth-order valence-corrected chi connectivity index (χ4v) is 2.23. The smallest absolute Gasteiger partial charge is 0.0652 e. The molecule has 1 nitrogen and oxygen atoms in total. The maximum Gasteiger partial charge on any atom is 0.0652 e. The first-order chi connectivity index (χ1) is 8.65. The quantitative estimate of drug-likeness (QED) is 0.807. The highest BCUT2D eigenvalue weighted by atomic mass is 35.5. The molecular formula is C14H12Cl3N. The topological polar surface area (TPSA) is 12.0 Å². The average Bonchev–Trinajstić information content (AvgIpc) is 2.34. The number of halogens is 3. The molecular weight excluding hydrogens is 289 g/mol. The zero-order chi connectivity index (χ0) is 13.0. The van der Waals surface area contributed by atoms with E-state index in [4.69, 9.17) is 34.8 Å². The summed E-state index contributed by atoms with van der Waals surface area (Å²) in [6.07, 6.45) is 0.913. The second-order valence-corrected chi connectivity index (χ2v) is 5.21. The third kappa shape index (κ3) is 3.81. The standard InChI is InChI=1S/C14H12Cl3N/c15-11-3-1-10(2-4-11)7-8-18-14-6-5-12(16)9-13(14)17/h1-6,9,18H,7-8H2. The number of anilines is 1. The van der Waals surface area contributed by atoms with E-state index in [9.17, 15) is 0 Å². The van der Waals surface area contributed by atoms with E-state index in [1.54, 1.807) is 6.07 Å². The van der Waals surface area contributed by atoms with Crippen LogP contribution in [-0.4, -0.2) is 6.54 Å². The molecule has 0 radical (unpaired) electrons. The van der Waals surface area contributed by atoms with Crippen LogP contribution in [0.2, 0.25) is 15.1 Å². The molecule has 0 bridgehead atoms. The van der Waals surface area contributed by atoms with Gasteiger partial charge in [0.15, 0.2) is 0 Å². The summed E-state index contributed by atoms with van der Waals surface area (Å²) in [6.45, 7) is 0.809. The summed E-state index contributed by atoms with van der Waals surface area (Å²) in [5.41, 5.74) is 2.13. The van der Waals surface area contributed by atoms with Crippen molar-refractivity contribution in [3.05, 3.63) is 63.1 Å². The Hall–Kier alpha value is -0.890. The summed E-state index contributed by atoms with van der Waals surface area (Å²) in [4.78, 5) is 0. The molecule has 0 aliphatic rings. The van der Waals surface area contributed by atoms with E-state index < -0.39 is 0 Å². The fraction of sp³-hybridized carbons (Fsp3) is 0.143. The van der Waals surface area contributed by atoms with Gasteiger partial charge < -0.3 is 5.32 Å². The van der Waals surface area contributed by atoms with Gasteiger partial charge in [-0.15, -0.1) is 0 Å². The van der Waals surface area contributed by atoms with Gasteiger partial charge in [0.2, 0.25) is 0 Å². The molecule has 1 N–H and O–H groups in total. The highest BCUT2D eigenvalue weighted by Crippen LogP contribution is 2.25. The summed E-state index contributed by atoms with van der Waals surface area (Å²) < 4.78 is 0. The lowest BCUT2D eigenvalue weighted by Gasteiger charge is -2.08. The molecule has 0 aliphatic heterocycles. The Labute approximate surface area is 122 Å². The summed E-state index contributed by atoms with van der Waals surface area (Å²) in [5.74, 6) is 0. The lowest BCUT2D eigenvalue weighted by molar-refractivity contribution is 1.02. The Morgan fingerprint density at radius 3 is 2.17 bits per heavy atom. The molecule has 94 valence electrons. The molecule has 4 heteroatoms. The lowest BCUT2D eigenvalue weighted by atomic mass is 10.1. The number of rotatable bonds is 4. The van der Waals surface area contributed by atoms with E-state index in [1.165, 1.54) is 5.56 Å². The van der Waals surface area contributed by atoms with Crippen LogP contribution in [0, 0.1) is 0 Å². The van der Waals surface area contributed by atoms with Gasteiger partial charge >= 0.3 is 0 Å². The van der Waals surface area contributed by atoms with Gasteiger partial charge in [0.25, 0.3) is 0 Å². The molecule has 0 amide bonds. The molecule has 2 rings (SSSR count). The maximum absolute atomic E-state index is 6.07. The normalized spacial score (nSPS) is 10.4. The number of hydrogen-bond acceptors (Lipinski definition) is 1. The third-order valence-electron chi connectivity index (χ3n) is 2.57. The molecule has 0 spiro atoms. The number of hydrogen-bond donors (Lipinski definition) is 1. The molecule has 0 heterocycles. The van der Waals surface area contributed by atoms with Crippen LogP contribution in [0.15, 0.2) is 42.5 Å². The molecule has 0 unspecified atom stereocenters. The van der Waals surface area contributed by atoms with E-state index in [-0.39, 0.29) is 0 Å². The van der Waals surface area contributed by atoms with E-state index >= 15 is 0 Å². The van der Waals surface area contributed by atoms with Gasteiger partial charge in [0.05, 0.1) is 10.7 Å². The molecule has 0 aliphatic carbocycles. The van der Waals surface area contributed by atoms with Crippen LogP contribution in [0.1, 0.15) is 5.56 Å². The van der Waals surface area contributed by atoms with Gasteiger partial charge in [-0.25, -0.2) is 0 Å². The minimum absolute atomic E-state index is 0.638. The van der Waals surface area contributed by atoms with Gasteiger partial charge in [0, 0.05) is 16.6 Å². The van der Waals surface area contributed by atoms with Crippen molar-refractivity contribution in [2.45, 2.75) is 6.42 Å². The van der Waals surface area contributed by atoms with Crippen LogP contribution in [0.3, 0.4) is 0 Å². The zero-order valence-corrected chi connectivity index (χ0v) is 11.9. The first kappa shape index (κ1) is 13.5. The van der Waals surface area contributed by atoms with E-state index in [0.717, 1.165) is 23.7 Å². The highest BCUT2D eigenvalue weighted by Gasteiger charge is 2.00. The molecule has 2 aromatic carbocycles. The Bertz CT molecular complexity index is 523. The monoisotopic (exact) mass is 299 g/mol. The van der Waals surface area contributed by atoms with Crippen molar-refractivity contribution in [3.63, 3.8) is 0 Å². The Balaban J connectivity index is 1.90. The largest absolute Gasteiger partial charge is 0.384 e.